The van der Waals surface area contributed by atoms with Crippen LogP contribution in [0.1, 0.15) is 33.6 Å². The van der Waals surface area contributed by atoms with Gasteiger partial charge in [0.2, 0.25) is 0 Å². The molecule has 0 atom stereocenters. The van der Waals surface area contributed by atoms with E-state index in [1.54, 1.807) is 0 Å². The van der Waals surface area contributed by atoms with E-state index < -0.39 is 0 Å². The van der Waals surface area contributed by atoms with Gasteiger partial charge in [-0.15, -0.1) is 0 Å². The number of rotatable bonds is 1. The van der Waals surface area contributed by atoms with Crippen molar-refractivity contribution < 1.29 is 4.74 Å². The Morgan fingerprint density at radius 1 is 1.50 bits per heavy atom. The molecule has 1 heterocycles. The average molecular weight is 140 g/mol. The Hall–Kier alpha value is -0.460. The lowest BCUT2D eigenvalue weighted by Crippen LogP contribution is -2.06. The summed E-state index contributed by atoms with van der Waals surface area (Å²) in [6, 6.07) is 0. The highest BCUT2D eigenvalue weighted by Gasteiger charge is 2.15. The molecule has 0 saturated heterocycles. The lowest BCUT2D eigenvalue weighted by Gasteiger charge is -2.18. The monoisotopic (exact) mass is 140 g/mol. The molecular formula is C9H16O. The molecule has 0 saturated carbocycles. The third-order valence-corrected chi connectivity index (χ3v) is 1.48. The summed E-state index contributed by atoms with van der Waals surface area (Å²) in [6.45, 7) is 7.59. The first-order valence-corrected chi connectivity index (χ1v) is 3.90. The van der Waals surface area contributed by atoms with Gasteiger partial charge in [-0.25, -0.2) is 0 Å². The summed E-state index contributed by atoms with van der Waals surface area (Å²) < 4.78 is 5.39. The zero-order chi connectivity index (χ0) is 7.61. The second-order valence-electron chi connectivity index (χ2n) is 4.05. The highest BCUT2D eigenvalue weighted by molar-refractivity contribution is 5.00. The predicted octanol–water partition coefficient (Wildman–Crippen LogP) is 2.73. The van der Waals surface area contributed by atoms with Gasteiger partial charge in [-0.3, -0.25) is 0 Å². The van der Waals surface area contributed by atoms with Crippen molar-refractivity contribution in [3.05, 3.63) is 11.8 Å². The molecule has 1 rings (SSSR count). The lowest BCUT2D eigenvalue weighted by molar-refractivity contribution is 0.207. The second kappa shape index (κ2) is 2.65. The summed E-state index contributed by atoms with van der Waals surface area (Å²) in [5, 5.41) is 0. The van der Waals surface area contributed by atoms with Crippen molar-refractivity contribution >= 4 is 0 Å². The van der Waals surface area contributed by atoms with E-state index in [1.165, 1.54) is 5.76 Å². The third-order valence-electron chi connectivity index (χ3n) is 1.48. The molecule has 0 aliphatic carbocycles. The Morgan fingerprint density at radius 2 is 2.20 bits per heavy atom. The first kappa shape index (κ1) is 7.64. The van der Waals surface area contributed by atoms with Crippen LogP contribution in [0.3, 0.4) is 0 Å². The van der Waals surface area contributed by atoms with Gasteiger partial charge in [0, 0.05) is 12.8 Å². The van der Waals surface area contributed by atoms with Crippen LogP contribution in [0.4, 0.5) is 0 Å². The molecule has 0 aromatic heterocycles. The van der Waals surface area contributed by atoms with Gasteiger partial charge in [0.05, 0.1) is 12.4 Å². The van der Waals surface area contributed by atoms with Crippen LogP contribution in [-0.4, -0.2) is 6.61 Å². The van der Waals surface area contributed by atoms with E-state index in [4.69, 9.17) is 4.74 Å². The lowest BCUT2D eigenvalue weighted by atomic mass is 9.91. The maximum Gasteiger partial charge on any atom is 0.0926 e. The van der Waals surface area contributed by atoms with Gasteiger partial charge in [0.15, 0.2) is 0 Å². The Morgan fingerprint density at radius 3 is 2.60 bits per heavy atom. The minimum atomic E-state index is 0.371. The molecule has 0 N–H and O–H groups in total. The molecular weight excluding hydrogens is 124 g/mol. The van der Waals surface area contributed by atoms with Gasteiger partial charge in [-0.2, -0.15) is 0 Å². The molecule has 0 radical (unpaired) electrons. The molecule has 0 aromatic rings. The number of hydrogen-bond donors (Lipinski definition) is 0. The van der Waals surface area contributed by atoms with Crippen molar-refractivity contribution in [3.63, 3.8) is 0 Å². The van der Waals surface area contributed by atoms with Crippen molar-refractivity contribution in [1.29, 1.82) is 0 Å². The van der Waals surface area contributed by atoms with E-state index in [2.05, 4.69) is 26.8 Å². The second-order valence-corrected chi connectivity index (χ2v) is 4.05. The molecule has 58 valence electrons. The van der Waals surface area contributed by atoms with Crippen LogP contribution in [-0.2, 0) is 4.74 Å². The van der Waals surface area contributed by atoms with Gasteiger partial charge in [-0.05, 0) is 11.5 Å². The molecule has 0 bridgehead atoms. The minimum Gasteiger partial charge on any atom is -0.498 e. The van der Waals surface area contributed by atoms with Gasteiger partial charge in [0.1, 0.15) is 0 Å². The SMILES string of the molecule is CC(C)(C)CC1=CCCO1. The molecule has 0 spiro atoms. The first-order chi connectivity index (χ1) is 4.58. The van der Waals surface area contributed by atoms with E-state index in [-0.39, 0.29) is 0 Å². The van der Waals surface area contributed by atoms with Crippen LogP contribution in [0.5, 0.6) is 0 Å². The normalized spacial score (nSPS) is 18.5. The summed E-state index contributed by atoms with van der Waals surface area (Å²) in [5.74, 6) is 1.19. The fourth-order valence-electron chi connectivity index (χ4n) is 1.11. The maximum absolute atomic E-state index is 5.39. The van der Waals surface area contributed by atoms with E-state index in [0.717, 1.165) is 19.4 Å². The Balaban J connectivity index is 2.38. The van der Waals surface area contributed by atoms with Gasteiger partial charge < -0.3 is 4.74 Å². The molecule has 0 unspecified atom stereocenters. The summed E-state index contributed by atoms with van der Waals surface area (Å²) >= 11 is 0. The molecule has 0 fully saturated rings. The van der Waals surface area contributed by atoms with E-state index in [1.807, 2.05) is 0 Å². The Labute approximate surface area is 63.1 Å². The number of ether oxygens (including phenoxy) is 1. The van der Waals surface area contributed by atoms with Crippen LogP contribution < -0.4 is 0 Å². The predicted molar refractivity (Wildman–Crippen MR) is 42.7 cm³/mol. The quantitative estimate of drug-likeness (QED) is 0.544. The van der Waals surface area contributed by atoms with Crippen LogP contribution in [0.25, 0.3) is 0 Å². The fourth-order valence-corrected chi connectivity index (χ4v) is 1.11. The van der Waals surface area contributed by atoms with Gasteiger partial charge in [0.25, 0.3) is 0 Å². The van der Waals surface area contributed by atoms with Crippen LogP contribution >= 0.6 is 0 Å². The largest absolute Gasteiger partial charge is 0.498 e. The highest BCUT2D eigenvalue weighted by Crippen LogP contribution is 2.26. The van der Waals surface area contributed by atoms with Crippen molar-refractivity contribution in [2.45, 2.75) is 33.6 Å². The summed E-state index contributed by atoms with van der Waals surface area (Å²) in [5.41, 5.74) is 0.371. The summed E-state index contributed by atoms with van der Waals surface area (Å²) in [4.78, 5) is 0. The van der Waals surface area contributed by atoms with Crippen molar-refractivity contribution in [3.8, 4) is 0 Å². The maximum atomic E-state index is 5.39. The third kappa shape index (κ3) is 2.42. The summed E-state index contributed by atoms with van der Waals surface area (Å²) in [7, 11) is 0. The van der Waals surface area contributed by atoms with Crippen molar-refractivity contribution in [2.24, 2.45) is 5.41 Å². The van der Waals surface area contributed by atoms with Crippen LogP contribution in [0, 0.1) is 5.41 Å². The highest BCUT2D eigenvalue weighted by atomic mass is 16.5. The van der Waals surface area contributed by atoms with Crippen LogP contribution in [0.15, 0.2) is 11.8 Å². The smallest absolute Gasteiger partial charge is 0.0926 e. The average Bonchev–Trinajstić information content (AvgIpc) is 2.12. The topological polar surface area (TPSA) is 9.23 Å². The molecule has 10 heavy (non-hydrogen) atoms. The standard InChI is InChI=1S/C9H16O/c1-9(2,3)7-8-5-4-6-10-8/h5H,4,6-7H2,1-3H3. The van der Waals surface area contributed by atoms with Gasteiger partial charge in [-0.1, -0.05) is 20.8 Å². The van der Waals surface area contributed by atoms with Crippen molar-refractivity contribution in [1.82, 2.24) is 0 Å². The fraction of sp³-hybridized carbons (Fsp3) is 0.778. The van der Waals surface area contributed by atoms with E-state index >= 15 is 0 Å². The number of allylic oxidation sites excluding steroid dienone is 1. The first-order valence-electron chi connectivity index (χ1n) is 3.90. The summed E-state index contributed by atoms with van der Waals surface area (Å²) in [6.07, 6.45) is 4.38. The zero-order valence-electron chi connectivity index (χ0n) is 7.11. The van der Waals surface area contributed by atoms with E-state index in [0.29, 0.717) is 5.41 Å². The molecule has 1 heteroatoms. The molecule has 1 nitrogen and oxygen atoms in total. The Bertz CT molecular complexity index is 139. The van der Waals surface area contributed by atoms with Crippen LogP contribution in [0.2, 0.25) is 0 Å². The minimum absolute atomic E-state index is 0.371. The molecule has 0 aromatic carbocycles. The van der Waals surface area contributed by atoms with Crippen molar-refractivity contribution in [2.75, 3.05) is 6.61 Å². The molecule has 0 amide bonds. The Kier molecular flexibility index (Phi) is 2.02. The van der Waals surface area contributed by atoms with E-state index in [9.17, 15) is 0 Å². The molecule has 1 aliphatic heterocycles. The zero-order valence-corrected chi connectivity index (χ0v) is 7.11. The number of hydrogen-bond acceptors (Lipinski definition) is 1. The molecule has 1 aliphatic rings. The van der Waals surface area contributed by atoms with Gasteiger partial charge >= 0.3 is 0 Å².